The lowest BCUT2D eigenvalue weighted by Gasteiger charge is -2.40. The van der Waals surface area contributed by atoms with Crippen molar-refractivity contribution in [2.75, 3.05) is 49.1 Å². The van der Waals surface area contributed by atoms with Gasteiger partial charge in [0.15, 0.2) is 0 Å². The second-order valence-electron chi connectivity index (χ2n) is 9.90. The Balaban J connectivity index is 1.62. The molecule has 0 aromatic heterocycles. The molecule has 0 radical (unpaired) electrons. The molecular weight excluding hydrogens is 534 g/mol. The van der Waals surface area contributed by atoms with Crippen LogP contribution < -0.4 is 15.4 Å². The third kappa shape index (κ3) is 7.11. The number of likely N-dealkylation sites (tertiary alicyclic amines) is 1. The minimum absolute atomic E-state index is 0.0587. The van der Waals surface area contributed by atoms with Crippen LogP contribution >= 0.6 is 0 Å². The number of benzene rings is 2. The van der Waals surface area contributed by atoms with Gasteiger partial charge in [-0.2, -0.15) is 13.2 Å². The van der Waals surface area contributed by atoms with Crippen LogP contribution in [0.15, 0.2) is 30.3 Å². The molecule has 2 unspecified atom stereocenters. The molecule has 2 atom stereocenters. The van der Waals surface area contributed by atoms with Crippen molar-refractivity contribution in [2.24, 2.45) is 0 Å². The molecule has 1 fully saturated rings. The fraction of sp³-hybridized carbons (Fsp3) is 0.520. The average Bonchev–Trinajstić information content (AvgIpc) is 2.77. The predicted molar refractivity (Wildman–Crippen MR) is 134 cm³/mol. The van der Waals surface area contributed by atoms with Crippen molar-refractivity contribution < 1.29 is 34.8 Å². The fourth-order valence-corrected chi connectivity index (χ4v) is 5.80. The lowest BCUT2D eigenvalue weighted by atomic mass is 9.75. The molecule has 0 amide bonds. The van der Waals surface area contributed by atoms with Gasteiger partial charge in [0.1, 0.15) is 11.6 Å². The van der Waals surface area contributed by atoms with E-state index in [2.05, 4.69) is 15.4 Å². The van der Waals surface area contributed by atoms with Crippen LogP contribution in [0.2, 0.25) is 0 Å². The first-order valence-corrected chi connectivity index (χ1v) is 14.2. The highest BCUT2D eigenvalue weighted by molar-refractivity contribution is 7.92. The van der Waals surface area contributed by atoms with Crippen LogP contribution in [0, 0.1) is 11.6 Å². The summed E-state index contributed by atoms with van der Waals surface area (Å²) in [5, 5.41) is 5.48. The molecule has 0 saturated carbocycles. The zero-order valence-electron chi connectivity index (χ0n) is 20.7. The van der Waals surface area contributed by atoms with Gasteiger partial charge in [-0.15, -0.1) is 0 Å². The van der Waals surface area contributed by atoms with Crippen molar-refractivity contribution in [1.82, 2.24) is 10.2 Å². The van der Waals surface area contributed by atoms with E-state index in [4.69, 9.17) is 0 Å². The number of sulfonamides is 1. The Bertz CT molecular complexity index is 1230. The van der Waals surface area contributed by atoms with E-state index in [1.54, 1.807) is 6.07 Å². The Hall–Kier alpha value is -2.51. The number of hydrogen-bond donors (Lipinski definition) is 3. The molecule has 6 nitrogen and oxygen atoms in total. The van der Waals surface area contributed by atoms with E-state index in [1.165, 1.54) is 12.1 Å². The van der Waals surface area contributed by atoms with E-state index in [-0.39, 0.29) is 29.4 Å². The third-order valence-electron chi connectivity index (χ3n) is 6.80. The van der Waals surface area contributed by atoms with Crippen LogP contribution in [0.5, 0.6) is 0 Å². The third-order valence-corrected chi connectivity index (χ3v) is 7.41. The number of nitrogens with one attached hydrogen (secondary N) is 3. The standard InChI is InChI=1S/C25H30F6N4O2S/c1-38(36,37)34-16-4-5-19-15(9-16)3-6-22(32-14-25(29,30)31)23(19)24-20(27)10-17(11-21(24)28)33-18-12-35(13-18)8-2-7-26/h4-5,9-11,18,22-23,32-34H,2-3,6-8,12-14H2,1H3. The van der Waals surface area contributed by atoms with Crippen LogP contribution in [0.1, 0.15) is 35.4 Å². The van der Waals surface area contributed by atoms with Gasteiger partial charge in [-0.1, -0.05) is 6.07 Å². The molecule has 0 bridgehead atoms. The smallest absolute Gasteiger partial charge is 0.380 e. The molecule has 4 rings (SSSR count). The summed E-state index contributed by atoms with van der Waals surface area (Å²) in [4.78, 5) is 2.01. The lowest BCUT2D eigenvalue weighted by molar-refractivity contribution is -0.126. The maximum atomic E-state index is 15.5. The Morgan fingerprint density at radius 1 is 1.05 bits per heavy atom. The summed E-state index contributed by atoms with van der Waals surface area (Å²) >= 11 is 0. The zero-order valence-corrected chi connectivity index (χ0v) is 21.5. The molecule has 38 heavy (non-hydrogen) atoms. The van der Waals surface area contributed by atoms with Crippen LogP contribution in [-0.2, 0) is 16.4 Å². The van der Waals surface area contributed by atoms with Crippen molar-refractivity contribution in [3.8, 4) is 0 Å². The van der Waals surface area contributed by atoms with E-state index in [0.29, 0.717) is 43.6 Å². The molecule has 210 valence electrons. The monoisotopic (exact) mass is 564 g/mol. The first-order valence-electron chi connectivity index (χ1n) is 12.3. The number of halogens is 6. The summed E-state index contributed by atoms with van der Waals surface area (Å²) < 4.78 is 108. The van der Waals surface area contributed by atoms with Crippen molar-refractivity contribution in [3.63, 3.8) is 0 Å². The molecular formula is C25H30F6N4O2S. The highest BCUT2D eigenvalue weighted by atomic mass is 32.2. The van der Waals surface area contributed by atoms with E-state index < -0.39 is 53.0 Å². The second-order valence-corrected chi connectivity index (χ2v) is 11.7. The number of anilines is 2. The summed E-state index contributed by atoms with van der Waals surface area (Å²) in [6, 6.07) is 5.78. The van der Waals surface area contributed by atoms with Crippen LogP contribution in [0.3, 0.4) is 0 Å². The van der Waals surface area contributed by atoms with Gasteiger partial charge in [-0.25, -0.2) is 17.2 Å². The van der Waals surface area contributed by atoms with Gasteiger partial charge in [0.2, 0.25) is 10.0 Å². The van der Waals surface area contributed by atoms with E-state index in [1.807, 2.05) is 4.90 Å². The molecule has 2 aromatic rings. The molecule has 1 heterocycles. The number of alkyl halides is 4. The number of aryl methyl sites for hydroxylation is 1. The number of nitrogens with zero attached hydrogens (tertiary/aromatic N) is 1. The largest absolute Gasteiger partial charge is 0.401 e. The SMILES string of the molecule is CS(=O)(=O)Nc1ccc2c(c1)CCC(NCC(F)(F)F)C2c1c(F)cc(NC2CN(CCCF)C2)cc1F. The highest BCUT2D eigenvalue weighted by Gasteiger charge is 2.38. The maximum absolute atomic E-state index is 15.5. The number of fused-ring (bicyclic) bond motifs is 1. The Morgan fingerprint density at radius 2 is 1.74 bits per heavy atom. The molecule has 2 aliphatic rings. The van der Waals surface area contributed by atoms with E-state index in [0.717, 1.165) is 18.4 Å². The normalized spacial score (nSPS) is 20.6. The summed E-state index contributed by atoms with van der Waals surface area (Å²) in [5.74, 6) is -2.85. The minimum atomic E-state index is -4.51. The minimum Gasteiger partial charge on any atom is -0.380 e. The molecule has 13 heteroatoms. The second kappa shape index (κ2) is 11.3. The molecule has 2 aromatic carbocycles. The maximum Gasteiger partial charge on any atom is 0.401 e. The summed E-state index contributed by atoms with van der Waals surface area (Å²) in [6.45, 7) is 0.0829. The van der Waals surface area contributed by atoms with E-state index in [9.17, 15) is 26.0 Å². The van der Waals surface area contributed by atoms with Gasteiger partial charge in [0, 0.05) is 48.5 Å². The number of hydrogen-bond acceptors (Lipinski definition) is 5. The highest BCUT2D eigenvalue weighted by Crippen LogP contribution is 2.41. The van der Waals surface area contributed by atoms with Gasteiger partial charge in [0.25, 0.3) is 0 Å². The lowest BCUT2D eigenvalue weighted by Crippen LogP contribution is -2.54. The molecule has 1 saturated heterocycles. The van der Waals surface area contributed by atoms with Gasteiger partial charge in [0.05, 0.1) is 25.5 Å². The molecule has 0 spiro atoms. The average molecular weight is 565 g/mol. The van der Waals surface area contributed by atoms with Crippen molar-refractivity contribution in [2.45, 2.75) is 43.4 Å². The predicted octanol–water partition coefficient (Wildman–Crippen LogP) is 4.39. The summed E-state index contributed by atoms with van der Waals surface area (Å²) in [5.41, 5.74) is 1.14. The van der Waals surface area contributed by atoms with Crippen LogP contribution in [0.4, 0.5) is 37.7 Å². The zero-order chi connectivity index (χ0) is 27.7. The van der Waals surface area contributed by atoms with Gasteiger partial charge < -0.3 is 10.6 Å². The van der Waals surface area contributed by atoms with Gasteiger partial charge >= 0.3 is 6.18 Å². The first-order chi connectivity index (χ1) is 17.8. The van der Waals surface area contributed by atoms with Crippen LogP contribution in [-0.4, -0.2) is 70.7 Å². The molecule has 3 N–H and O–H groups in total. The number of rotatable bonds is 10. The Labute approximate surface area is 217 Å². The summed E-state index contributed by atoms with van der Waals surface area (Å²) in [7, 11) is -3.57. The Morgan fingerprint density at radius 3 is 2.34 bits per heavy atom. The van der Waals surface area contributed by atoms with Crippen molar-refractivity contribution >= 4 is 21.4 Å². The first kappa shape index (κ1) is 28.5. The molecule has 1 aliphatic heterocycles. The van der Waals surface area contributed by atoms with E-state index >= 15 is 8.78 Å². The van der Waals surface area contributed by atoms with Gasteiger partial charge in [-0.05, 0) is 54.7 Å². The topological polar surface area (TPSA) is 73.5 Å². The summed E-state index contributed by atoms with van der Waals surface area (Å²) in [6.07, 6.45) is -2.66. The quantitative estimate of drug-likeness (QED) is 0.374. The van der Waals surface area contributed by atoms with Crippen LogP contribution in [0.25, 0.3) is 0 Å². The van der Waals surface area contributed by atoms with Crippen molar-refractivity contribution in [1.29, 1.82) is 0 Å². The fourth-order valence-electron chi connectivity index (χ4n) is 5.25. The Kier molecular flexibility index (Phi) is 8.48. The molecule has 1 aliphatic carbocycles. The van der Waals surface area contributed by atoms with Crippen molar-refractivity contribution in [3.05, 3.63) is 58.7 Å². The van der Waals surface area contributed by atoms with Gasteiger partial charge in [-0.3, -0.25) is 14.0 Å².